The van der Waals surface area contributed by atoms with E-state index >= 15 is 0 Å². The quantitative estimate of drug-likeness (QED) is 0.644. The third-order valence-electron chi connectivity index (χ3n) is 2.49. The minimum Gasteiger partial charge on any atom is -0.357 e. The van der Waals surface area contributed by atoms with Crippen LogP contribution in [0.1, 0.15) is 33.1 Å². The zero-order valence-corrected chi connectivity index (χ0v) is 10.2. The van der Waals surface area contributed by atoms with E-state index in [1.54, 1.807) is 7.05 Å². The van der Waals surface area contributed by atoms with Crippen LogP contribution < -0.4 is 16.0 Å². The van der Waals surface area contributed by atoms with Crippen molar-refractivity contribution in [3.8, 4) is 0 Å². The van der Waals surface area contributed by atoms with Crippen molar-refractivity contribution in [1.29, 1.82) is 0 Å². The molecule has 0 spiro atoms. The van der Waals surface area contributed by atoms with E-state index in [1.165, 1.54) is 0 Å². The zero-order chi connectivity index (χ0) is 12.1. The van der Waals surface area contributed by atoms with Gasteiger partial charge >= 0.3 is 6.03 Å². The first-order chi connectivity index (χ1) is 7.52. The van der Waals surface area contributed by atoms with E-state index in [1.807, 2.05) is 13.8 Å². The SMILES string of the molecule is CNC(=O)[C@H](CC(C)C)NC(=O)NC1CC1. The molecule has 1 fully saturated rings. The van der Waals surface area contributed by atoms with Crippen molar-refractivity contribution in [2.45, 2.75) is 45.2 Å². The molecule has 1 rings (SSSR count). The maximum Gasteiger partial charge on any atom is 0.315 e. The van der Waals surface area contributed by atoms with Crippen LogP contribution in [0.2, 0.25) is 0 Å². The van der Waals surface area contributed by atoms with Crippen molar-refractivity contribution < 1.29 is 9.59 Å². The second-order valence-corrected chi connectivity index (χ2v) is 4.69. The summed E-state index contributed by atoms with van der Waals surface area (Å²) < 4.78 is 0. The lowest BCUT2D eigenvalue weighted by Gasteiger charge is -2.19. The molecule has 0 saturated heterocycles. The van der Waals surface area contributed by atoms with Gasteiger partial charge in [-0.2, -0.15) is 0 Å². The summed E-state index contributed by atoms with van der Waals surface area (Å²) in [5.74, 6) is 0.225. The standard InChI is InChI=1S/C11H21N3O2/c1-7(2)6-9(10(15)12-3)14-11(16)13-8-4-5-8/h7-9H,4-6H2,1-3H3,(H,12,15)(H2,13,14,16)/t9-/m0/s1. The number of nitrogens with one attached hydrogen (secondary N) is 3. The molecule has 0 unspecified atom stereocenters. The Morgan fingerprint density at radius 3 is 2.38 bits per heavy atom. The summed E-state index contributed by atoms with van der Waals surface area (Å²) >= 11 is 0. The molecule has 92 valence electrons. The van der Waals surface area contributed by atoms with Crippen LogP contribution in [-0.4, -0.2) is 31.1 Å². The van der Waals surface area contributed by atoms with Crippen LogP contribution in [0.5, 0.6) is 0 Å². The van der Waals surface area contributed by atoms with Crippen LogP contribution in [0, 0.1) is 5.92 Å². The highest BCUT2D eigenvalue weighted by molar-refractivity contribution is 5.86. The molecular formula is C11H21N3O2. The zero-order valence-electron chi connectivity index (χ0n) is 10.2. The van der Waals surface area contributed by atoms with Gasteiger partial charge in [0.2, 0.25) is 5.91 Å². The molecule has 3 N–H and O–H groups in total. The molecule has 16 heavy (non-hydrogen) atoms. The molecule has 0 aromatic carbocycles. The monoisotopic (exact) mass is 227 g/mol. The predicted molar refractivity (Wildman–Crippen MR) is 62.0 cm³/mol. The molecule has 1 atom stereocenters. The molecule has 3 amide bonds. The van der Waals surface area contributed by atoms with Crippen molar-refractivity contribution in [3.63, 3.8) is 0 Å². The summed E-state index contributed by atoms with van der Waals surface area (Å²) in [7, 11) is 1.58. The minimum absolute atomic E-state index is 0.139. The van der Waals surface area contributed by atoms with E-state index in [-0.39, 0.29) is 11.9 Å². The maximum absolute atomic E-state index is 11.5. The highest BCUT2D eigenvalue weighted by Crippen LogP contribution is 2.18. The fraction of sp³-hybridized carbons (Fsp3) is 0.818. The van der Waals surface area contributed by atoms with Gasteiger partial charge < -0.3 is 16.0 Å². The van der Waals surface area contributed by atoms with E-state index in [0.717, 1.165) is 12.8 Å². The van der Waals surface area contributed by atoms with Crippen LogP contribution in [0.15, 0.2) is 0 Å². The number of rotatable bonds is 5. The number of likely N-dealkylation sites (N-methyl/N-ethyl adjacent to an activating group) is 1. The average molecular weight is 227 g/mol. The Balaban J connectivity index is 2.40. The molecule has 1 aliphatic rings. The van der Waals surface area contributed by atoms with Gasteiger partial charge in [0, 0.05) is 13.1 Å². The van der Waals surface area contributed by atoms with Crippen LogP contribution in [0.25, 0.3) is 0 Å². The maximum atomic E-state index is 11.5. The third kappa shape index (κ3) is 4.51. The number of carbonyl (C=O) groups excluding carboxylic acids is 2. The lowest BCUT2D eigenvalue weighted by Crippen LogP contribution is -2.50. The molecule has 5 nitrogen and oxygen atoms in total. The summed E-state index contributed by atoms with van der Waals surface area (Å²) in [6.45, 7) is 4.05. The van der Waals surface area contributed by atoms with Crippen LogP contribution >= 0.6 is 0 Å². The van der Waals surface area contributed by atoms with Gasteiger partial charge in [0.15, 0.2) is 0 Å². The summed E-state index contributed by atoms with van der Waals surface area (Å²) in [6.07, 6.45) is 2.74. The third-order valence-corrected chi connectivity index (χ3v) is 2.49. The van der Waals surface area contributed by atoms with Gasteiger partial charge in [-0.1, -0.05) is 13.8 Å². The molecule has 1 saturated carbocycles. The Hall–Kier alpha value is -1.26. The van der Waals surface area contributed by atoms with Crippen molar-refractivity contribution in [1.82, 2.24) is 16.0 Å². The number of urea groups is 1. The molecule has 1 aliphatic carbocycles. The number of hydrogen-bond donors (Lipinski definition) is 3. The van der Waals surface area contributed by atoms with E-state index in [4.69, 9.17) is 0 Å². The van der Waals surface area contributed by atoms with Gasteiger partial charge in [0.25, 0.3) is 0 Å². The Bertz CT molecular complexity index is 262. The summed E-state index contributed by atoms with van der Waals surface area (Å²) in [5, 5.41) is 8.08. The molecule has 0 radical (unpaired) electrons. The highest BCUT2D eigenvalue weighted by atomic mass is 16.2. The normalized spacial score (nSPS) is 16.8. The van der Waals surface area contributed by atoms with E-state index in [0.29, 0.717) is 18.4 Å². The van der Waals surface area contributed by atoms with E-state index in [9.17, 15) is 9.59 Å². The van der Waals surface area contributed by atoms with Crippen LogP contribution in [0.4, 0.5) is 4.79 Å². The smallest absolute Gasteiger partial charge is 0.315 e. The largest absolute Gasteiger partial charge is 0.357 e. The molecule has 5 heteroatoms. The summed E-state index contributed by atoms with van der Waals surface area (Å²) in [5.41, 5.74) is 0. The Morgan fingerprint density at radius 2 is 1.94 bits per heavy atom. The second-order valence-electron chi connectivity index (χ2n) is 4.69. The fourth-order valence-electron chi connectivity index (χ4n) is 1.49. The van der Waals surface area contributed by atoms with Gasteiger partial charge in [-0.25, -0.2) is 4.79 Å². The number of hydrogen-bond acceptors (Lipinski definition) is 2. The Morgan fingerprint density at radius 1 is 1.31 bits per heavy atom. The number of amides is 3. The predicted octanol–water partition coefficient (Wildman–Crippen LogP) is 0.609. The van der Waals surface area contributed by atoms with Gasteiger partial charge in [-0.3, -0.25) is 4.79 Å². The molecule has 0 bridgehead atoms. The first-order valence-corrected chi connectivity index (χ1v) is 5.81. The van der Waals surface area contributed by atoms with Crippen molar-refractivity contribution >= 4 is 11.9 Å². The topological polar surface area (TPSA) is 70.2 Å². The molecular weight excluding hydrogens is 206 g/mol. The molecule has 0 heterocycles. The van der Waals surface area contributed by atoms with Gasteiger partial charge in [0.05, 0.1) is 0 Å². The lowest BCUT2D eigenvalue weighted by molar-refractivity contribution is -0.122. The van der Waals surface area contributed by atoms with E-state index < -0.39 is 6.04 Å². The fourth-order valence-corrected chi connectivity index (χ4v) is 1.49. The first kappa shape index (κ1) is 12.8. The van der Waals surface area contributed by atoms with Gasteiger partial charge in [-0.05, 0) is 25.2 Å². The van der Waals surface area contributed by atoms with Gasteiger partial charge in [-0.15, -0.1) is 0 Å². The molecule has 0 aromatic rings. The number of carbonyl (C=O) groups is 2. The Kier molecular flexibility index (Phi) is 4.58. The van der Waals surface area contributed by atoms with Gasteiger partial charge in [0.1, 0.15) is 6.04 Å². The van der Waals surface area contributed by atoms with Crippen LogP contribution in [-0.2, 0) is 4.79 Å². The lowest BCUT2D eigenvalue weighted by atomic mass is 10.0. The first-order valence-electron chi connectivity index (χ1n) is 5.81. The summed E-state index contributed by atoms with van der Waals surface area (Å²) in [4.78, 5) is 23.0. The average Bonchev–Trinajstić information content (AvgIpc) is 2.98. The molecule has 0 aromatic heterocycles. The minimum atomic E-state index is -0.441. The molecule has 0 aliphatic heterocycles. The van der Waals surface area contributed by atoms with E-state index in [2.05, 4.69) is 16.0 Å². The highest BCUT2D eigenvalue weighted by Gasteiger charge is 2.26. The van der Waals surface area contributed by atoms with Crippen LogP contribution in [0.3, 0.4) is 0 Å². The Labute approximate surface area is 96.4 Å². The van der Waals surface area contributed by atoms with Crippen molar-refractivity contribution in [3.05, 3.63) is 0 Å². The summed E-state index contributed by atoms with van der Waals surface area (Å²) in [6, 6.07) is -0.370. The van der Waals surface area contributed by atoms with Crippen molar-refractivity contribution in [2.75, 3.05) is 7.05 Å². The second kappa shape index (κ2) is 5.72. The van der Waals surface area contributed by atoms with Crippen molar-refractivity contribution in [2.24, 2.45) is 5.92 Å².